The van der Waals surface area contributed by atoms with Gasteiger partial charge in [0.2, 0.25) is 17.7 Å². The number of hydrogen-bond acceptors (Lipinski definition) is 39. The van der Waals surface area contributed by atoms with E-state index in [0.717, 1.165) is 19.3 Å². The lowest BCUT2D eigenvalue weighted by atomic mass is 9.96. The van der Waals surface area contributed by atoms with Crippen molar-refractivity contribution in [2.75, 3.05) is 72.5 Å². The fraction of sp³-hybridized carbons (Fsp3) is 0.922. The van der Waals surface area contributed by atoms with Gasteiger partial charge < -0.3 is 175 Å². The van der Waals surface area contributed by atoms with Crippen LogP contribution in [0.15, 0.2) is 0 Å². The van der Waals surface area contributed by atoms with Gasteiger partial charge in [0.05, 0.1) is 58.9 Å². The van der Waals surface area contributed by atoms with Crippen molar-refractivity contribution in [1.82, 2.24) is 21.5 Å². The van der Waals surface area contributed by atoms with Crippen LogP contribution in [0.4, 0.5) is 0 Å². The SMILES string of the molecule is CC(=O)[C@H](CCCCN)NNC(=O)CCCCC(=O)NCCCO[C@@H]1O[C@H](CO[C@H]2O[C@H](CO)[C@@H](O)[C@H](O)[C@@H]2O)[C@@H](O)[C@H](O[C@H]2O[C@H](CO)[C@@H](O)[C@H](O)[C@@H]2O)[C@@H]1O.CCCC(=O)CCCCC(=O)NCCCO[C@@H]1O[C@H](CO[C@H]2O[C@H](CO)[C@@H](O)[C@H](O)[C@@H]2O)[C@@H](O)[C@H](O[C@H]2O[C@H](CO)[C@@H](O)[C@H](O)[C@@H]2O)[C@@H]1O. The summed E-state index contributed by atoms with van der Waals surface area (Å²) >= 11 is 0. The second-order valence-corrected chi connectivity index (χ2v) is 26.7. The van der Waals surface area contributed by atoms with Gasteiger partial charge in [0, 0.05) is 45.2 Å². The Morgan fingerprint density at radius 2 is 0.717 bits per heavy atom. The number of unbranched alkanes of at least 4 members (excludes halogenated alkanes) is 3. The molecule has 3 amide bonds. The summed E-state index contributed by atoms with van der Waals surface area (Å²) in [6.45, 7) is -0.186. The number of Topliss-reactive ketones (excluding diaryl/α,β-unsaturated/α-hetero) is 2. The van der Waals surface area contributed by atoms with Crippen molar-refractivity contribution in [3.05, 3.63) is 0 Å². The molecular formula is C64H115N5O37. The minimum atomic E-state index is -1.90. The molecule has 6 saturated heterocycles. The molecule has 0 unspecified atom stereocenters. The Labute approximate surface area is 610 Å². The van der Waals surface area contributed by atoms with E-state index in [1.165, 1.54) is 6.92 Å². The fourth-order valence-corrected chi connectivity index (χ4v) is 12.0. The van der Waals surface area contributed by atoms with Gasteiger partial charge in [0.15, 0.2) is 37.7 Å². The largest absolute Gasteiger partial charge is 0.394 e. The van der Waals surface area contributed by atoms with E-state index in [-0.39, 0.29) is 87.7 Å². The van der Waals surface area contributed by atoms with Crippen molar-refractivity contribution in [1.29, 1.82) is 0 Å². The lowest BCUT2D eigenvalue weighted by Crippen LogP contribution is -2.65. The molecule has 6 rings (SSSR count). The first kappa shape index (κ1) is 93.0. The number of hydrazine groups is 1. The average Bonchev–Trinajstić information content (AvgIpc) is 0.832. The quantitative estimate of drug-likeness (QED) is 0.0199. The molecular weight excluding hydrogens is 1430 g/mol. The highest BCUT2D eigenvalue weighted by Gasteiger charge is 2.55. The van der Waals surface area contributed by atoms with Crippen LogP contribution in [0.25, 0.3) is 0 Å². The summed E-state index contributed by atoms with van der Waals surface area (Å²) in [6.07, 6.45) is -42.9. The van der Waals surface area contributed by atoms with E-state index in [9.17, 15) is 126 Å². The number of aliphatic hydroxyl groups is 20. The van der Waals surface area contributed by atoms with E-state index >= 15 is 0 Å². The second kappa shape index (κ2) is 47.7. The Kier molecular flexibility index (Phi) is 41.8. The van der Waals surface area contributed by atoms with E-state index in [2.05, 4.69) is 21.5 Å². The molecule has 0 bridgehead atoms. The number of nitrogens with one attached hydrogen (secondary N) is 4. The third-order valence-electron chi connectivity index (χ3n) is 18.5. The molecule has 0 aromatic heterocycles. The lowest BCUT2D eigenvalue weighted by Gasteiger charge is -2.46. The Balaban J connectivity index is 0.000000385. The minimum Gasteiger partial charge on any atom is -0.394 e. The predicted molar refractivity (Wildman–Crippen MR) is 351 cm³/mol. The number of amides is 3. The summed E-state index contributed by atoms with van der Waals surface area (Å²) in [5, 5.41) is 211. The first-order valence-electron chi connectivity index (χ1n) is 35.8. The van der Waals surface area contributed by atoms with Crippen molar-refractivity contribution < 1.29 is 183 Å². The molecule has 6 heterocycles. The Bertz CT molecular complexity index is 2530. The highest BCUT2D eigenvalue weighted by Crippen LogP contribution is 2.34. The molecule has 26 N–H and O–H groups in total. The third kappa shape index (κ3) is 27.6. The molecule has 0 aromatic carbocycles. The van der Waals surface area contributed by atoms with Gasteiger partial charge in [-0.1, -0.05) is 13.3 Å². The van der Waals surface area contributed by atoms with Gasteiger partial charge in [-0.2, -0.15) is 0 Å². The minimum absolute atomic E-state index is 0.0727. The molecule has 6 aliphatic heterocycles. The van der Waals surface area contributed by atoms with Crippen LogP contribution in [-0.2, 0) is 80.8 Å². The van der Waals surface area contributed by atoms with E-state index in [4.69, 9.17) is 62.6 Å². The Morgan fingerprint density at radius 3 is 1.08 bits per heavy atom. The topological polar surface area (TPSA) is 675 Å². The number of hydrogen-bond donors (Lipinski definition) is 25. The predicted octanol–water partition coefficient (Wildman–Crippen LogP) is -11.9. The van der Waals surface area contributed by atoms with Crippen LogP contribution in [0.2, 0.25) is 0 Å². The Morgan fingerprint density at radius 1 is 0.377 bits per heavy atom. The molecule has 106 heavy (non-hydrogen) atoms. The van der Waals surface area contributed by atoms with Crippen LogP contribution in [0, 0.1) is 0 Å². The van der Waals surface area contributed by atoms with Gasteiger partial charge in [0.1, 0.15) is 158 Å². The maximum atomic E-state index is 12.4. The summed E-state index contributed by atoms with van der Waals surface area (Å²) in [4.78, 5) is 60.1. The normalized spacial score (nSPS) is 38.0. The molecule has 0 spiro atoms. The summed E-state index contributed by atoms with van der Waals surface area (Å²) in [5.74, 6) is -0.757. The van der Waals surface area contributed by atoms with Crippen molar-refractivity contribution in [3.63, 3.8) is 0 Å². The van der Waals surface area contributed by atoms with Gasteiger partial charge in [-0.15, -0.1) is 0 Å². The third-order valence-corrected chi connectivity index (χ3v) is 18.5. The maximum absolute atomic E-state index is 12.4. The molecule has 6 aliphatic rings. The molecule has 6 fully saturated rings. The van der Waals surface area contributed by atoms with Crippen LogP contribution in [0.5, 0.6) is 0 Å². The molecule has 0 saturated carbocycles. The van der Waals surface area contributed by atoms with Gasteiger partial charge in [-0.05, 0) is 71.3 Å². The van der Waals surface area contributed by atoms with Gasteiger partial charge in [-0.3, -0.25) is 29.4 Å². The van der Waals surface area contributed by atoms with Gasteiger partial charge in [-0.25, -0.2) is 5.43 Å². The van der Waals surface area contributed by atoms with Crippen LogP contribution < -0.4 is 27.2 Å². The van der Waals surface area contributed by atoms with Crippen molar-refractivity contribution >= 4 is 29.3 Å². The number of carbonyl (C=O) groups is 5. The summed E-state index contributed by atoms with van der Waals surface area (Å²) < 4.78 is 66.6. The number of rotatable bonds is 43. The number of nitrogens with two attached hydrogens (primary N) is 1. The molecule has 31 atom stereocenters. The van der Waals surface area contributed by atoms with Crippen molar-refractivity contribution in [2.45, 2.75) is 300 Å². The lowest BCUT2D eigenvalue weighted by molar-refractivity contribution is -0.366. The monoisotopic (exact) mass is 1550 g/mol. The first-order chi connectivity index (χ1) is 50.5. The first-order valence-corrected chi connectivity index (χ1v) is 35.8. The van der Waals surface area contributed by atoms with Crippen LogP contribution in [-0.4, -0.2) is 394 Å². The molecule has 618 valence electrons. The van der Waals surface area contributed by atoms with Gasteiger partial charge in [0.25, 0.3) is 0 Å². The molecule has 0 aliphatic carbocycles. The zero-order valence-electron chi connectivity index (χ0n) is 59.2. The van der Waals surface area contributed by atoms with E-state index in [1.54, 1.807) is 0 Å². The fourth-order valence-electron chi connectivity index (χ4n) is 12.0. The summed E-state index contributed by atoms with van der Waals surface area (Å²) in [7, 11) is 0. The number of carbonyl (C=O) groups excluding carboxylic acids is 5. The second-order valence-electron chi connectivity index (χ2n) is 26.7. The molecule has 0 aromatic rings. The number of ketones is 2. The smallest absolute Gasteiger partial charge is 0.234 e. The molecule has 0 radical (unpaired) electrons. The van der Waals surface area contributed by atoms with E-state index in [0.29, 0.717) is 51.5 Å². The maximum Gasteiger partial charge on any atom is 0.234 e. The van der Waals surface area contributed by atoms with Crippen LogP contribution in [0.3, 0.4) is 0 Å². The summed E-state index contributed by atoms with van der Waals surface area (Å²) in [6, 6.07) is -0.512. The van der Waals surface area contributed by atoms with Crippen LogP contribution in [0.1, 0.15) is 110 Å². The zero-order valence-corrected chi connectivity index (χ0v) is 59.2. The molecule has 42 heteroatoms. The standard InChI is InChI=1S/C34H62N4O19.C30H53NO18/c1-16(41)17(7-4-5-10-35)37-38-22(43)9-3-2-8-21(42)36-11-6-12-52-33-30(51)31(57-34-29(50)27(48)24(45)19(14-40)55-34)25(46)20(56-33)15-53-32-28(49)26(47)23(44)18(13-39)54-32;1-2-6-14(34)7-3-4-8-18(35)31-9-5-10-44-29-26(43)27(49-30-25(42)23(40)20(37)16(12-33)47-30)21(38)17(48-29)13-45-28-24(41)22(39)19(36)15(11-32)46-28/h17-20,23-34,37,39-40,44-51H,2-15,35H2,1H3,(H,36,42)(H,38,43);15-17,19-30,32-33,36-43H,2-13H2,1H3,(H,31,35)/t17-,18+,19+,20+,23+,24+,25+,26-,27-,28-,29-,30-,31-,32-,33+,34+;15-,16-,17-,19-,20-,21-,22+,23+,24+,25+,26+,27+,28+,29-,30-/m01/s1. The zero-order chi connectivity index (χ0) is 78.5. The average molecular weight is 1550 g/mol. The highest BCUT2D eigenvalue weighted by molar-refractivity contribution is 5.82. The number of ether oxygens (including phenoxy) is 12. The van der Waals surface area contributed by atoms with Crippen molar-refractivity contribution in [3.8, 4) is 0 Å². The molecule has 42 nitrogen and oxygen atoms in total. The van der Waals surface area contributed by atoms with E-state index < -0.39 is 230 Å². The summed E-state index contributed by atoms with van der Waals surface area (Å²) in [5.41, 5.74) is 10.8. The number of aliphatic hydroxyl groups excluding tert-OH is 20. The Hall–Kier alpha value is -3.61. The van der Waals surface area contributed by atoms with E-state index in [1.807, 2.05) is 6.92 Å². The highest BCUT2D eigenvalue weighted by atomic mass is 16.8. The van der Waals surface area contributed by atoms with Gasteiger partial charge >= 0.3 is 0 Å². The van der Waals surface area contributed by atoms with Crippen LogP contribution >= 0.6 is 0 Å². The van der Waals surface area contributed by atoms with Crippen molar-refractivity contribution in [2.24, 2.45) is 5.73 Å².